The minimum Gasteiger partial charge on any atom is -0.463 e. The van der Waals surface area contributed by atoms with Crippen LogP contribution < -0.4 is 11.2 Å². The van der Waals surface area contributed by atoms with Crippen molar-refractivity contribution >= 4 is 12.0 Å². The van der Waals surface area contributed by atoms with Gasteiger partial charge < -0.3 is 9.72 Å². The fraction of sp³-hybridized carbons (Fsp3) is 0.222. The smallest absolute Gasteiger partial charge is 0.330 e. The van der Waals surface area contributed by atoms with E-state index in [1.54, 1.807) is 6.92 Å². The van der Waals surface area contributed by atoms with E-state index in [1.807, 2.05) is 4.98 Å². The summed E-state index contributed by atoms with van der Waals surface area (Å²) in [5, 5.41) is 0. The lowest BCUT2D eigenvalue weighted by molar-refractivity contribution is -0.137. The molecule has 80 valence electrons. The molecule has 6 heteroatoms. The van der Waals surface area contributed by atoms with Crippen LogP contribution in [0.15, 0.2) is 21.9 Å². The predicted molar refractivity (Wildman–Crippen MR) is 53.4 cm³/mol. The van der Waals surface area contributed by atoms with Crippen molar-refractivity contribution in [2.75, 3.05) is 6.61 Å². The molecule has 0 atom stereocenters. The third-order valence-corrected chi connectivity index (χ3v) is 1.53. The number of aromatic nitrogens is 2. The maximum absolute atomic E-state index is 11.1. The molecule has 1 heterocycles. The summed E-state index contributed by atoms with van der Waals surface area (Å²) in [7, 11) is 0. The lowest BCUT2D eigenvalue weighted by atomic mass is 10.3. The van der Waals surface area contributed by atoms with Gasteiger partial charge in [0, 0.05) is 12.3 Å². The first-order valence-corrected chi connectivity index (χ1v) is 4.30. The Bertz CT molecular complexity index is 483. The molecular formula is C9H10N2O4. The second-order valence-corrected chi connectivity index (χ2v) is 2.61. The van der Waals surface area contributed by atoms with Gasteiger partial charge in [-0.2, -0.15) is 0 Å². The predicted octanol–water partition coefficient (Wildman–Crippen LogP) is -0.360. The van der Waals surface area contributed by atoms with Crippen molar-refractivity contribution in [3.8, 4) is 0 Å². The van der Waals surface area contributed by atoms with Crippen molar-refractivity contribution in [1.29, 1.82) is 0 Å². The van der Waals surface area contributed by atoms with Gasteiger partial charge in [-0.15, -0.1) is 0 Å². The van der Waals surface area contributed by atoms with Crippen LogP contribution in [0.1, 0.15) is 12.5 Å². The number of rotatable bonds is 3. The molecule has 1 rings (SSSR count). The number of hydrogen-bond donors (Lipinski definition) is 2. The Kier molecular flexibility index (Phi) is 3.61. The molecule has 0 amide bonds. The number of hydrogen-bond acceptors (Lipinski definition) is 4. The summed E-state index contributed by atoms with van der Waals surface area (Å²) >= 11 is 0. The first kappa shape index (κ1) is 11.0. The molecule has 2 N–H and O–H groups in total. The Morgan fingerprint density at radius 2 is 2.27 bits per heavy atom. The molecular weight excluding hydrogens is 200 g/mol. The van der Waals surface area contributed by atoms with E-state index in [0.29, 0.717) is 0 Å². The van der Waals surface area contributed by atoms with Crippen LogP contribution in [0.2, 0.25) is 0 Å². The van der Waals surface area contributed by atoms with Crippen molar-refractivity contribution in [2.45, 2.75) is 6.92 Å². The van der Waals surface area contributed by atoms with E-state index in [4.69, 9.17) is 0 Å². The van der Waals surface area contributed by atoms with Crippen molar-refractivity contribution in [1.82, 2.24) is 9.97 Å². The highest BCUT2D eigenvalue weighted by Crippen LogP contribution is 1.90. The van der Waals surface area contributed by atoms with Crippen LogP contribution in [-0.2, 0) is 9.53 Å². The molecule has 0 saturated heterocycles. The second-order valence-electron chi connectivity index (χ2n) is 2.61. The molecule has 0 unspecified atom stereocenters. The van der Waals surface area contributed by atoms with Crippen LogP contribution in [0.5, 0.6) is 0 Å². The number of ether oxygens (including phenoxy) is 1. The summed E-state index contributed by atoms with van der Waals surface area (Å²) in [6, 6.07) is 0. The van der Waals surface area contributed by atoms with Gasteiger partial charge in [0.2, 0.25) is 0 Å². The quantitative estimate of drug-likeness (QED) is 0.526. The highest BCUT2D eigenvalue weighted by Gasteiger charge is 1.97. The van der Waals surface area contributed by atoms with Gasteiger partial charge >= 0.3 is 11.7 Å². The van der Waals surface area contributed by atoms with Gasteiger partial charge in [0.25, 0.3) is 5.56 Å². The minimum absolute atomic E-state index is 0.183. The molecule has 1 aromatic rings. The van der Waals surface area contributed by atoms with Gasteiger partial charge in [0.05, 0.1) is 12.2 Å². The summed E-state index contributed by atoms with van der Waals surface area (Å²) in [5.41, 5.74) is -0.963. The van der Waals surface area contributed by atoms with Crippen LogP contribution in [0.25, 0.3) is 6.08 Å². The Hall–Kier alpha value is -2.11. The van der Waals surface area contributed by atoms with Crippen molar-refractivity contribution in [2.24, 2.45) is 0 Å². The molecule has 0 bridgehead atoms. The van der Waals surface area contributed by atoms with Gasteiger partial charge in [0.1, 0.15) is 0 Å². The van der Waals surface area contributed by atoms with Crippen molar-refractivity contribution < 1.29 is 9.53 Å². The number of H-pyrrole nitrogens is 2. The van der Waals surface area contributed by atoms with Gasteiger partial charge in [-0.3, -0.25) is 9.78 Å². The van der Waals surface area contributed by atoms with E-state index >= 15 is 0 Å². The second kappa shape index (κ2) is 4.94. The first-order chi connectivity index (χ1) is 7.13. The molecule has 0 aromatic carbocycles. The van der Waals surface area contributed by atoms with Crippen LogP contribution >= 0.6 is 0 Å². The van der Waals surface area contributed by atoms with Gasteiger partial charge in [-0.05, 0) is 13.0 Å². The molecule has 0 aliphatic carbocycles. The van der Waals surface area contributed by atoms with E-state index in [0.717, 1.165) is 6.08 Å². The molecule has 0 radical (unpaired) electrons. The highest BCUT2D eigenvalue weighted by atomic mass is 16.5. The van der Waals surface area contributed by atoms with E-state index in [1.165, 1.54) is 12.3 Å². The largest absolute Gasteiger partial charge is 0.463 e. The third kappa shape index (κ3) is 3.26. The summed E-state index contributed by atoms with van der Waals surface area (Å²) in [4.78, 5) is 37.0. The summed E-state index contributed by atoms with van der Waals surface area (Å²) < 4.78 is 4.62. The topological polar surface area (TPSA) is 92.0 Å². The van der Waals surface area contributed by atoms with Crippen molar-refractivity contribution in [3.63, 3.8) is 0 Å². The summed E-state index contributed by atoms with van der Waals surface area (Å²) in [5.74, 6) is -0.539. The Labute approximate surface area is 84.6 Å². The number of carbonyl (C=O) groups excluding carboxylic acids is 1. The van der Waals surface area contributed by atoms with E-state index < -0.39 is 17.2 Å². The van der Waals surface area contributed by atoms with Crippen LogP contribution in [0.4, 0.5) is 0 Å². The number of nitrogens with one attached hydrogen (secondary N) is 2. The average Bonchev–Trinajstić information content (AvgIpc) is 2.17. The number of carbonyl (C=O) groups is 1. The minimum atomic E-state index is -0.590. The van der Waals surface area contributed by atoms with E-state index in [9.17, 15) is 14.4 Å². The number of aromatic amines is 2. The van der Waals surface area contributed by atoms with Crippen LogP contribution in [0.3, 0.4) is 0 Å². The fourth-order valence-corrected chi connectivity index (χ4v) is 0.892. The van der Waals surface area contributed by atoms with E-state index in [2.05, 4.69) is 9.72 Å². The zero-order valence-corrected chi connectivity index (χ0v) is 8.07. The lowest BCUT2D eigenvalue weighted by Gasteiger charge is -1.94. The van der Waals surface area contributed by atoms with E-state index in [-0.39, 0.29) is 12.2 Å². The molecule has 0 spiro atoms. The molecule has 0 saturated carbocycles. The van der Waals surface area contributed by atoms with Gasteiger partial charge in [-0.25, -0.2) is 9.59 Å². The number of esters is 1. The fourth-order valence-electron chi connectivity index (χ4n) is 0.892. The van der Waals surface area contributed by atoms with Gasteiger partial charge in [-0.1, -0.05) is 0 Å². The standard InChI is InChI=1S/C9H10N2O4/c1-2-15-7(12)4-3-6-5-10-9(14)11-8(6)13/h3-5H,2H2,1H3,(H2,10,11,13,14)/b4-3-. The Balaban J connectivity index is 2.86. The van der Waals surface area contributed by atoms with Crippen LogP contribution in [-0.4, -0.2) is 22.5 Å². The molecule has 0 aliphatic rings. The lowest BCUT2D eigenvalue weighted by Crippen LogP contribution is -2.22. The molecule has 1 aromatic heterocycles. The zero-order chi connectivity index (χ0) is 11.3. The molecule has 15 heavy (non-hydrogen) atoms. The maximum Gasteiger partial charge on any atom is 0.330 e. The van der Waals surface area contributed by atoms with Crippen LogP contribution in [0, 0.1) is 0 Å². The molecule has 0 fully saturated rings. The summed E-state index contributed by atoms with van der Waals surface area (Å²) in [6.07, 6.45) is 3.61. The Morgan fingerprint density at radius 1 is 1.53 bits per heavy atom. The molecule has 6 nitrogen and oxygen atoms in total. The zero-order valence-electron chi connectivity index (χ0n) is 8.07. The van der Waals surface area contributed by atoms with Gasteiger partial charge in [0.15, 0.2) is 0 Å². The Morgan fingerprint density at radius 3 is 2.87 bits per heavy atom. The first-order valence-electron chi connectivity index (χ1n) is 4.30. The monoisotopic (exact) mass is 210 g/mol. The highest BCUT2D eigenvalue weighted by molar-refractivity contribution is 5.86. The third-order valence-electron chi connectivity index (χ3n) is 1.53. The summed E-state index contributed by atoms with van der Waals surface area (Å²) in [6.45, 7) is 1.95. The maximum atomic E-state index is 11.1. The van der Waals surface area contributed by atoms with Crippen molar-refractivity contribution in [3.05, 3.63) is 38.7 Å². The normalized spacial score (nSPS) is 10.5. The average molecular weight is 210 g/mol. The SMILES string of the molecule is CCOC(=O)/C=C\c1c[nH]c(=O)[nH]c1=O. The molecule has 0 aliphatic heterocycles.